The number of aliphatic imine (C=N–C) groups is 1. The number of ether oxygens (including phenoxy) is 1. The first-order valence-corrected chi connectivity index (χ1v) is 8.72. The zero-order chi connectivity index (χ0) is 16.2. The first kappa shape index (κ1) is 22.2. The van der Waals surface area contributed by atoms with E-state index in [1.165, 1.54) is 4.88 Å². The third-order valence-electron chi connectivity index (χ3n) is 3.08. The van der Waals surface area contributed by atoms with E-state index in [0.29, 0.717) is 26.0 Å². The van der Waals surface area contributed by atoms with E-state index in [9.17, 15) is 4.79 Å². The maximum atomic E-state index is 11.3. The predicted octanol–water partition coefficient (Wildman–Crippen LogP) is 3.15. The molecule has 0 spiro atoms. The number of carbonyl (C=O) groups is 1. The van der Waals surface area contributed by atoms with Gasteiger partial charge in [-0.2, -0.15) is 0 Å². The minimum absolute atomic E-state index is 0. The molecule has 0 fully saturated rings. The molecule has 1 aromatic rings. The maximum Gasteiger partial charge on any atom is 0.305 e. The lowest BCUT2D eigenvalue weighted by Crippen LogP contribution is -2.40. The van der Waals surface area contributed by atoms with E-state index in [0.717, 1.165) is 25.5 Å². The van der Waals surface area contributed by atoms with Crippen molar-refractivity contribution in [1.82, 2.24) is 10.2 Å². The molecule has 7 heteroatoms. The molecule has 0 aromatic carbocycles. The van der Waals surface area contributed by atoms with Crippen molar-refractivity contribution in [3.8, 4) is 0 Å². The fourth-order valence-electron chi connectivity index (χ4n) is 1.95. The van der Waals surface area contributed by atoms with Gasteiger partial charge in [-0.15, -0.1) is 35.3 Å². The highest BCUT2D eigenvalue weighted by atomic mass is 127. The minimum atomic E-state index is -0.145. The fourth-order valence-corrected chi connectivity index (χ4v) is 2.65. The summed E-state index contributed by atoms with van der Waals surface area (Å²) in [6, 6.07) is 4.23. The summed E-state index contributed by atoms with van der Waals surface area (Å²) in [6.45, 7) is 6.70. The van der Waals surface area contributed by atoms with Crippen LogP contribution in [0.15, 0.2) is 22.5 Å². The summed E-state index contributed by atoms with van der Waals surface area (Å²) >= 11 is 1.78. The molecule has 23 heavy (non-hydrogen) atoms. The van der Waals surface area contributed by atoms with Gasteiger partial charge < -0.3 is 15.0 Å². The van der Waals surface area contributed by atoms with Crippen molar-refractivity contribution in [2.24, 2.45) is 4.99 Å². The van der Waals surface area contributed by atoms with Crippen molar-refractivity contribution < 1.29 is 9.53 Å². The Morgan fingerprint density at radius 1 is 1.43 bits per heavy atom. The quantitative estimate of drug-likeness (QED) is 0.205. The molecular formula is C16H28IN3O2S. The Morgan fingerprint density at radius 3 is 2.83 bits per heavy atom. The summed E-state index contributed by atoms with van der Waals surface area (Å²) in [7, 11) is 2.04. The topological polar surface area (TPSA) is 53.9 Å². The molecule has 0 saturated heterocycles. The monoisotopic (exact) mass is 453 g/mol. The van der Waals surface area contributed by atoms with Crippen LogP contribution in [0.3, 0.4) is 0 Å². The molecular weight excluding hydrogens is 425 g/mol. The predicted molar refractivity (Wildman–Crippen MR) is 108 cm³/mol. The Kier molecular flexibility index (Phi) is 13.1. The van der Waals surface area contributed by atoms with Crippen molar-refractivity contribution in [3.63, 3.8) is 0 Å². The van der Waals surface area contributed by atoms with E-state index < -0.39 is 0 Å². The Bertz CT molecular complexity index is 452. The Labute approximate surface area is 160 Å². The molecule has 0 aliphatic rings. The van der Waals surface area contributed by atoms with E-state index in [1.807, 2.05) is 14.0 Å². The zero-order valence-electron chi connectivity index (χ0n) is 14.2. The van der Waals surface area contributed by atoms with Crippen molar-refractivity contribution >= 4 is 47.2 Å². The van der Waals surface area contributed by atoms with Gasteiger partial charge in [-0.3, -0.25) is 9.79 Å². The normalized spacial score (nSPS) is 10.8. The molecule has 0 radical (unpaired) electrons. The van der Waals surface area contributed by atoms with Gasteiger partial charge >= 0.3 is 5.97 Å². The largest absolute Gasteiger partial charge is 0.466 e. The minimum Gasteiger partial charge on any atom is -0.466 e. The highest BCUT2D eigenvalue weighted by molar-refractivity contribution is 14.0. The highest BCUT2D eigenvalue weighted by Crippen LogP contribution is 2.09. The molecule has 0 aliphatic carbocycles. The second-order valence-corrected chi connectivity index (χ2v) is 5.93. The van der Waals surface area contributed by atoms with Crippen LogP contribution < -0.4 is 5.32 Å². The van der Waals surface area contributed by atoms with Crippen LogP contribution in [0.5, 0.6) is 0 Å². The van der Waals surface area contributed by atoms with Gasteiger partial charge in [0.25, 0.3) is 0 Å². The van der Waals surface area contributed by atoms with Gasteiger partial charge in [0, 0.05) is 38.0 Å². The smallest absolute Gasteiger partial charge is 0.305 e. The SMILES string of the molecule is CCNC(=NCCCC(=O)OCC)N(C)CCc1cccs1.I. The van der Waals surface area contributed by atoms with Crippen LogP contribution >= 0.6 is 35.3 Å². The molecule has 0 aliphatic heterocycles. The lowest BCUT2D eigenvalue weighted by molar-refractivity contribution is -0.143. The summed E-state index contributed by atoms with van der Waals surface area (Å²) in [5.41, 5.74) is 0. The number of esters is 1. The van der Waals surface area contributed by atoms with Gasteiger partial charge in [0.1, 0.15) is 0 Å². The Balaban J connectivity index is 0.00000484. The zero-order valence-corrected chi connectivity index (χ0v) is 17.4. The fraction of sp³-hybridized carbons (Fsp3) is 0.625. The van der Waals surface area contributed by atoms with Gasteiger partial charge in [-0.25, -0.2) is 0 Å². The van der Waals surface area contributed by atoms with E-state index in [4.69, 9.17) is 4.74 Å². The van der Waals surface area contributed by atoms with Gasteiger partial charge in [0.2, 0.25) is 0 Å². The summed E-state index contributed by atoms with van der Waals surface area (Å²) in [4.78, 5) is 19.4. The number of hydrogen-bond acceptors (Lipinski definition) is 4. The second kappa shape index (κ2) is 13.6. The number of carbonyl (C=O) groups excluding carboxylic acids is 1. The van der Waals surface area contributed by atoms with Gasteiger partial charge in [0.15, 0.2) is 5.96 Å². The van der Waals surface area contributed by atoms with Crippen LogP contribution in [0.1, 0.15) is 31.6 Å². The lowest BCUT2D eigenvalue weighted by Gasteiger charge is -2.21. The van der Waals surface area contributed by atoms with E-state index >= 15 is 0 Å². The van der Waals surface area contributed by atoms with Crippen LogP contribution in [0, 0.1) is 0 Å². The van der Waals surface area contributed by atoms with Crippen LogP contribution in [0.2, 0.25) is 0 Å². The molecule has 1 aromatic heterocycles. The molecule has 1 rings (SSSR count). The maximum absolute atomic E-state index is 11.3. The standard InChI is InChI=1S/C16H27N3O2S.HI/c1-4-17-16(18-11-6-9-15(20)21-5-2)19(3)12-10-14-8-7-13-22-14;/h7-8,13H,4-6,9-12H2,1-3H3,(H,17,18);1H. The van der Waals surface area contributed by atoms with Gasteiger partial charge in [-0.05, 0) is 38.1 Å². The van der Waals surface area contributed by atoms with Crippen LogP contribution in [0.4, 0.5) is 0 Å². The molecule has 0 unspecified atom stereocenters. The molecule has 0 atom stereocenters. The van der Waals surface area contributed by atoms with Gasteiger partial charge in [0.05, 0.1) is 6.61 Å². The summed E-state index contributed by atoms with van der Waals surface area (Å²) in [5.74, 6) is 0.747. The number of halogens is 1. The number of rotatable bonds is 9. The number of likely N-dealkylation sites (N-methyl/N-ethyl adjacent to an activating group) is 1. The molecule has 0 saturated carbocycles. The van der Waals surface area contributed by atoms with E-state index in [1.54, 1.807) is 11.3 Å². The van der Waals surface area contributed by atoms with Crippen LogP contribution in [-0.2, 0) is 16.0 Å². The van der Waals surface area contributed by atoms with Crippen molar-refractivity contribution in [2.45, 2.75) is 33.1 Å². The third-order valence-corrected chi connectivity index (χ3v) is 4.01. The van der Waals surface area contributed by atoms with E-state index in [2.05, 4.69) is 39.6 Å². The van der Waals surface area contributed by atoms with Crippen molar-refractivity contribution in [2.75, 3.05) is 33.3 Å². The summed E-state index contributed by atoms with van der Waals surface area (Å²) < 4.78 is 4.91. The van der Waals surface area contributed by atoms with Crippen molar-refractivity contribution in [3.05, 3.63) is 22.4 Å². The number of nitrogens with one attached hydrogen (secondary N) is 1. The average molecular weight is 453 g/mol. The first-order chi connectivity index (χ1) is 10.7. The molecule has 1 heterocycles. The average Bonchev–Trinajstić information content (AvgIpc) is 3.01. The molecule has 0 amide bonds. The molecule has 132 valence electrons. The highest BCUT2D eigenvalue weighted by Gasteiger charge is 2.06. The number of guanidine groups is 1. The third kappa shape index (κ3) is 9.80. The summed E-state index contributed by atoms with van der Waals surface area (Å²) in [6.07, 6.45) is 2.16. The van der Waals surface area contributed by atoms with Crippen molar-refractivity contribution in [1.29, 1.82) is 0 Å². The lowest BCUT2D eigenvalue weighted by atomic mass is 10.3. The molecule has 5 nitrogen and oxygen atoms in total. The summed E-state index contributed by atoms with van der Waals surface area (Å²) in [5, 5.41) is 5.39. The van der Waals surface area contributed by atoms with E-state index in [-0.39, 0.29) is 29.9 Å². The number of thiophene rings is 1. The first-order valence-electron chi connectivity index (χ1n) is 7.84. The van der Waals surface area contributed by atoms with Crippen LogP contribution in [-0.4, -0.2) is 50.1 Å². The molecule has 1 N–H and O–H groups in total. The number of nitrogens with zero attached hydrogens (tertiary/aromatic N) is 2. The Hall–Kier alpha value is -0.830. The van der Waals surface area contributed by atoms with Gasteiger partial charge in [-0.1, -0.05) is 6.07 Å². The number of hydrogen-bond donors (Lipinski definition) is 1. The van der Waals surface area contributed by atoms with Crippen LogP contribution in [0.25, 0.3) is 0 Å². The molecule has 0 bridgehead atoms. The second-order valence-electron chi connectivity index (χ2n) is 4.90. The Morgan fingerprint density at radius 2 is 2.22 bits per heavy atom.